The third kappa shape index (κ3) is 6.65. The number of carbonyl (C=O) groups excluding carboxylic acids is 3. The van der Waals surface area contributed by atoms with Gasteiger partial charge in [0.1, 0.15) is 0 Å². The summed E-state index contributed by atoms with van der Waals surface area (Å²) in [6.45, 7) is 9.50. The Morgan fingerprint density at radius 2 is 1.52 bits per heavy atom. The molecule has 7 nitrogen and oxygen atoms in total. The predicted molar refractivity (Wildman–Crippen MR) is 161 cm³/mol. The van der Waals surface area contributed by atoms with Gasteiger partial charge in [-0.2, -0.15) is 0 Å². The van der Waals surface area contributed by atoms with E-state index >= 15 is 0 Å². The normalized spacial score (nSPS) is 14.0. The number of anilines is 2. The summed E-state index contributed by atoms with van der Waals surface area (Å²) < 4.78 is 0. The lowest BCUT2D eigenvalue weighted by molar-refractivity contribution is -0.133. The second-order valence-electron chi connectivity index (χ2n) is 9.85. The van der Waals surface area contributed by atoms with E-state index in [0.29, 0.717) is 61.1 Å². The van der Waals surface area contributed by atoms with Crippen LogP contribution in [0, 0.1) is 0 Å². The minimum absolute atomic E-state index is 0.0868. The Morgan fingerprint density at radius 3 is 2.12 bits per heavy atom. The molecule has 0 radical (unpaired) electrons. The minimum atomic E-state index is -0.276. The molecule has 1 unspecified atom stereocenters. The Kier molecular flexibility index (Phi) is 9.83. The maximum atomic E-state index is 13.6. The van der Waals surface area contributed by atoms with Crippen molar-refractivity contribution in [2.75, 3.05) is 49.5 Å². The molecule has 3 aromatic carbocycles. The molecule has 0 bridgehead atoms. The number of carbonyl (C=O) groups is 3. The van der Waals surface area contributed by atoms with Crippen LogP contribution in [0.15, 0.2) is 72.8 Å². The highest BCUT2D eigenvalue weighted by Crippen LogP contribution is 2.29. The summed E-state index contributed by atoms with van der Waals surface area (Å²) >= 11 is 5.96. The van der Waals surface area contributed by atoms with Crippen LogP contribution in [0.25, 0.3) is 0 Å². The average Bonchev–Trinajstić information content (AvgIpc) is 2.99. The van der Waals surface area contributed by atoms with E-state index in [0.717, 1.165) is 17.7 Å². The first kappa shape index (κ1) is 29.2. The lowest BCUT2D eigenvalue weighted by atomic mass is 9.94. The highest BCUT2D eigenvalue weighted by molar-refractivity contribution is 6.30. The van der Waals surface area contributed by atoms with E-state index in [2.05, 4.69) is 10.2 Å². The number of nitrogens with one attached hydrogen (secondary N) is 1. The molecule has 1 saturated heterocycles. The Hall–Kier alpha value is -3.84. The standard InChI is InChI=1S/C32H37ClN4O3/c1-4-27(23-10-8-7-9-11-23)31(39)37-20-18-36(19-21-37)29-17-16-26(22-28(29)32(40)35(5-2)6-3)34-30(38)24-12-14-25(33)15-13-24/h7-17,22,27H,4-6,18-21H2,1-3H3,(H,34,38). The number of hydrogen-bond donors (Lipinski definition) is 1. The van der Waals surface area contributed by atoms with Crippen molar-refractivity contribution >= 4 is 40.7 Å². The van der Waals surface area contributed by atoms with Crippen molar-refractivity contribution in [1.29, 1.82) is 0 Å². The minimum Gasteiger partial charge on any atom is -0.367 e. The Balaban J connectivity index is 1.53. The van der Waals surface area contributed by atoms with Crippen LogP contribution in [0.2, 0.25) is 5.02 Å². The molecule has 8 heteroatoms. The number of hydrogen-bond acceptors (Lipinski definition) is 4. The van der Waals surface area contributed by atoms with Gasteiger partial charge in [0.05, 0.1) is 11.5 Å². The van der Waals surface area contributed by atoms with Crippen LogP contribution in [0.3, 0.4) is 0 Å². The molecule has 0 aromatic heterocycles. The Bertz CT molecular complexity index is 1320. The number of halogens is 1. The van der Waals surface area contributed by atoms with Gasteiger partial charge in [0.15, 0.2) is 0 Å². The van der Waals surface area contributed by atoms with Crippen molar-refractivity contribution in [1.82, 2.24) is 9.80 Å². The fourth-order valence-corrected chi connectivity index (χ4v) is 5.30. The molecule has 0 aliphatic carbocycles. The zero-order valence-corrected chi connectivity index (χ0v) is 24.2. The van der Waals surface area contributed by atoms with Gasteiger partial charge in [-0.1, -0.05) is 48.9 Å². The summed E-state index contributed by atoms with van der Waals surface area (Å²) in [4.78, 5) is 45.7. The van der Waals surface area contributed by atoms with Gasteiger partial charge >= 0.3 is 0 Å². The molecule has 3 aromatic rings. The van der Waals surface area contributed by atoms with Gasteiger partial charge in [-0.05, 0) is 68.3 Å². The summed E-state index contributed by atoms with van der Waals surface area (Å²) in [5.74, 6) is -0.373. The second-order valence-corrected chi connectivity index (χ2v) is 10.3. The van der Waals surface area contributed by atoms with Gasteiger partial charge < -0.3 is 20.0 Å². The van der Waals surface area contributed by atoms with Crippen LogP contribution in [0.1, 0.15) is 59.4 Å². The van der Waals surface area contributed by atoms with Gasteiger partial charge in [0, 0.05) is 61.2 Å². The predicted octanol–water partition coefficient (Wildman–Crippen LogP) is 5.92. The summed E-state index contributed by atoms with van der Waals surface area (Å²) in [6, 6.07) is 22.1. The van der Waals surface area contributed by atoms with Gasteiger partial charge in [-0.25, -0.2) is 0 Å². The van der Waals surface area contributed by atoms with Crippen molar-refractivity contribution in [2.45, 2.75) is 33.1 Å². The lowest BCUT2D eigenvalue weighted by Gasteiger charge is -2.38. The smallest absolute Gasteiger partial charge is 0.256 e. The van der Waals surface area contributed by atoms with Crippen molar-refractivity contribution in [3.8, 4) is 0 Å². The summed E-state index contributed by atoms with van der Waals surface area (Å²) in [5.41, 5.74) is 3.41. The molecule has 0 spiro atoms. The molecule has 210 valence electrons. The van der Waals surface area contributed by atoms with Crippen LogP contribution < -0.4 is 10.2 Å². The van der Waals surface area contributed by atoms with Gasteiger partial charge in [0.2, 0.25) is 5.91 Å². The number of piperazine rings is 1. The summed E-state index contributed by atoms with van der Waals surface area (Å²) in [7, 11) is 0. The average molecular weight is 561 g/mol. The van der Waals surface area contributed by atoms with E-state index in [-0.39, 0.29) is 23.6 Å². The van der Waals surface area contributed by atoms with Crippen LogP contribution >= 0.6 is 11.6 Å². The fraction of sp³-hybridized carbons (Fsp3) is 0.344. The first-order valence-corrected chi connectivity index (χ1v) is 14.3. The SMILES string of the molecule is CCC(C(=O)N1CCN(c2ccc(NC(=O)c3ccc(Cl)cc3)cc2C(=O)N(CC)CC)CC1)c1ccccc1. The van der Waals surface area contributed by atoms with Crippen LogP contribution in [-0.2, 0) is 4.79 Å². The number of rotatable bonds is 9. The topological polar surface area (TPSA) is 73.0 Å². The maximum absolute atomic E-state index is 13.6. The monoisotopic (exact) mass is 560 g/mol. The van der Waals surface area contributed by atoms with Crippen molar-refractivity contribution < 1.29 is 14.4 Å². The quantitative estimate of drug-likeness (QED) is 0.353. The molecule has 1 fully saturated rings. The van der Waals surface area contributed by atoms with Gasteiger partial charge in [-0.15, -0.1) is 0 Å². The second kappa shape index (κ2) is 13.5. The third-order valence-corrected chi connectivity index (χ3v) is 7.73. The van der Waals surface area contributed by atoms with E-state index in [1.807, 2.05) is 68.1 Å². The Labute approximate surface area is 241 Å². The van der Waals surface area contributed by atoms with Crippen LogP contribution in [0.4, 0.5) is 11.4 Å². The first-order valence-electron chi connectivity index (χ1n) is 13.9. The van der Waals surface area contributed by atoms with E-state index in [9.17, 15) is 14.4 Å². The fourth-order valence-electron chi connectivity index (χ4n) is 5.17. The molecule has 1 aliphatic rings. The first-order chi connectivity index (χ1) is 19.4. The van der Waals surface area contributed by atoms with Crippen molar-refractivity contribution in [3.05, 3.63) is 94.5 Å². The molecule has 40 heavy (non-hydrogen) atoms. The molecular weight excluding hydrogens is 524 g/mol. The van der Waals surface area contributed by atoms with Crippen LogP contribution in [0.5, 0.6) is 0 Å². The molecular formula is C32H37ClN4O3. The molecule has 1 aliphatic heterocycles. The maximum Gasteiger partial charge on any atom is 0.256 e. The summed E-state index contributed by atoms with van der Waals surface area (Å²) in [5, 5.41) is 3.47. The van der Waals surface area contributed by atoms with Crippen LogP contribution in [-0.4, -0.2) is 66.8 Å². The number of nitrogens with zero attached hydrogens (tertiary/aromatic N) is 3. The van der Waals surface area contributed by atoms with E-state index in [1.165, 1.54) is 0 Å². The molecule has 1 atom stereocenters. The summed E-state index contributed by atoms with van der Waals surface area (Å²) in [6.07, 6.45) is 0.745. The number of benzene rings is 3. The van der Waals surface area contributed by atoms with Crippen molar-refractivity contribution in [3.63, 3.8) is 0 Å². The largest absolute Gasteiger partial charge is 0.367 e. The molecule has 0 saturated carbocycles. The van der Waals surface area contributed by atoms with E-state index in [4.69, 9.17) is 11.6 Å². The van der Waals surface area contributed by atoms with E-state index in [1.54, 1.807) is 35.2 Å². The van der Waals surface area contributed by atoms with Crippen molar-refractivity contribution in [2.24, 2.45) is 0 Å². The van der Waals surface area contributed by atoms with Gasteiger partial charge in [0.25, 0.3) is 11.8 Å². The van der Waals surface area contributed by atoms with E-state index < -0.39 is 0 Å². The zero-order valence-electron chi connectivity index (χ0n) is 23.4. The highest BCUT2D eigenvalue weighted by atomic mass is 35.5. The third-order valence-electron chi connectivity index (χ3n) is 7.48. The zero-order chi connectivity index (χ0) is 28.6. The molecule has 1 heterocycles. The number of amides is 3. The lowest BCUT2D eigenvalue weighted by Crippen LogP contribution is -2.50. The Morgan fingerprint density at radius 1 is 0.875 bits per heavy atom. The molecule has 1 N–H and O–H groups in total. The molecule has 4 rings (SSSR count). The molecule has 3 amide bonds. The van der Waals surface area contributed by atoms with Gasteiger partial charge in [-0.3, -0.25) is 14.4 Å². The highest BCUT2D eigenvalue weighted by Gasteiger charge is 2.29.